The second-order valence-electron chi connectivity index (χ2n) is 12.7. The smallest absolute Gasteiger partial charge is 0.411 e. The van der Waals surface area contributed by atoms with E-state index in [0.29, 0.717) is 38.4 Å². The van der Waals surface area contributed by atoms with Gasteiger partial charge in [-0.2, -0.15) is 0 Å². The molecule has 2 atom stereocenters. The highest BCUT2D eigenvalue weighted by atomic mass is 35.5. The van der Waals surface area contributed by atoms with Crippen molar-refractivity contribution in [2.24, 2.45) is 10.7 Å². The number of aldehydes is 1. The number of ether oxygens (including phenoxy) is 2. The van der Waals surface area contributed by atoms with Gasteiger partial charge < -0.3 is 25.1 Å². The number of carbonyl (C=O) groups is 3. The zero-order chi connectivity index (χ0) is 40.4. The number of carbonyl (C=O) groups excluding carboxylic acids is 3. The summed E-state index contributed by atoms with van der Waals surface area (Å²) in [7, 11) is 7.33. The molecule has 0 radical (unpaired) electrons. The molecule has 2 unspecified atom stereocenters. The molecule has 0 fully saturated rings. The highest BCUT2D eigenvalue weighted by molar-refractivity contribution is 6.42. The van der Waals surface area contributed by atoms with Crippen LogP contribution in [0.4, 0.5) is 9.59 Å². The summed E-state index contributed by atoms with van der Waals surface area (Å²) in [5, 5.41) is 8.52. The minimum absolute atomic E-state index is 0.213. The fourth-order valence-electron chi connectivity index (χ4n) is 4.48. The van der Waals surface area contributed by atoms with Gasteiger partial charge >= 0.3 is 12.2 Å². The Bertz CT molecular complexity index is 1480. The molecule has 0 saturated heterocycles. The molecule has 3 N–H and O–H groups in total. The van der Waals surface area contributed by atoms with Crippen LogP contribution in [0.2, 0.25) is 20.1 Å². The maximum atomic E-state index is 12.6. The van der Waals surface area contributed by atoms with Crippen molar-refractivity contribution in [3.8, 4) is 0 Å². The van der Waals surface area contributed by atoms with Gasteiger partial charge in [-0.25, -0.2) is 9.59 Å². The van der Waals surface area contributed by atoms with E-state index < -0.39 is 34.5 Å². The number of aliphatic hydroxyl groups excluding tert-OH is 1. The molecule has 0 aliphatic heterocycles. The second-order valence-corrected chi connectivity index (χ2v) is 14.3. The van der Waals surface area contributed by atoms with Crippen LogP contribution < -0.4 is 5.73 Å². The van der Waals surface area contributed by atoms with E-state index in [1.54, 1.807) is 83.6 Å². The van der Waals surface area contributed by atoms with Crippen molar-refractivity contribution in [1.29, 1.82) is 0 Å². The molecular weight excluding hydrogens is 738 g/mol. The Labute approximate surface area is 324 Å². The molecule has 2 aromatic rings. The average molecular weight is 793 g/mol. The number of nitrogens with two attached hydrogens (primary N) is 1. The van der Waals surface area contributed by atoms with Crippen LogP contribution in [-0.2, 0) is 25.3 Å². The summed E-state index contributed by atoms with van der Waals surface area (Å²) in [5.41, 5.74) is 2.40. The summed E-state index contributed by atoms with van der Waals surface area (Å²) in [6, 6.07) is 10.1. The number of likely N-dealkylation sites (N-methyl/N-ethyl adjacent to an activating group) is 1. The van der Waals surface area contributed by atoms with Gasteiger partial charge in [-0.05, 0) is 96.8 Å². The van der Waals surface area contributed by atoms with Crippen molar-refractivity contribution in [2.75, 3.05) is 35.3 Å². The number of amides is 2. The van der Waals surface area contributed by atoms with Gasteiger partial charge in [0, 0.05) is 34.5 Å². The lowest BCUT2D eigenvalue weighted by molar-refractivity contribution is -0.118. The monoisotopic (exact) mass is 790 g/mol. The number of benzene rings is 2. The molecule has 14 heteroatoms. The lowest BCUT2D eigenvalue weighted by Gasteiger charge is -2.39. The zero-order valence-electron chi connectivity index (χ0n) is 31.5. The molecule has 2 amide bonds. The summed E-state index contributed by atoms with van der Waals surface area (Å²) in [4.78, 5) is 43.9. The third-order valence-electron chi connectivity index (χ3n) is 6.82. The van der Waals surface area contributed by atoms with Crippen LogP contribution in [0.5, 0.6) is 0 Å². The average Bonchev–Trinajstić information content (AvgIpc) is 3.06. The molecule has 10 nitrogen and oxygen atoms in total. The van der Waals surface area contributed by atoms with Gasteiger partial charge in [-0.1, -0.05) is 70.7 Å². The molecule has 51 heavy (non-hydrogen) atoms. The number of halogens is 4. The standard InChI is InChI=1S/C18H24Cl2N2O2.C17H21Cl2NO3.CH5N.CH4O/c1-7-10-18(12-21-5,13-8-9-14(19)15(20)11-13)22(6)16(23)24-17(2,3)4;1-6-9-17(11-21,12-7-8-13(18)14(19)10-12)20(5)15(22)23-16(2,3)4;2*1-2/h7-9,11-12H,1,10H2,2-6H3;6-8,10-11H,1,9H2,2-5H3;2H2,1H3;2H,1H3. The van der Waals surface area contributed by atoms with Crippen molar-refractivity contribution in [3.05, 3.63) is 92.9 Å². The van der Waals surface area contributed by atoms with Crippen molar-refractivity contribution in [3.63, 3.8) is 0 Å². The molecule has 286 valence electrons. The van der Waals surface area contributed by atoms with Crippen molar-refractivity contribution in [1.82, 2.24) is 9.80 Å². The topological polar surface area (TPSA) is 135 Å². The summed E-state index contributed by atoms with van der Waals surface area (Å²) in [5.74, 6) is 0. The Kier molecular flexibility index (Phi) is 22.3. The predicted octanol–water partition coefficient (Wildman–Crippen LogP) is 9.35. The maximum Gasteiger partial charge on any atom is 0.411 e. The summed E-state index contributed by atoms with van der Waals surface area (Å²) >= 11 is 24.2. The lowest BCUT2D eigenvalue weighted by Crippen LogP contribution is -2.50. The first-order chi connectivity index (χ1) is 23.6. The number of rotatable bonds is 10. The quantitative estimate of drug-likeness (QED) is 0.139. The van der Waals surface area contributed by atoms with E-state index in [1.807, 2.05) is 26.8 Å². The van der Waals surface area contributed by atoms with Crippen molar-refractivity contribution >= 4 is 71.1 Å². The molecule has 0 aliphatic carbocycles. The largest absolute Gasteiger partial charge is 0.444 e. The van der Waals surface area contributed by atoms with Gasteiger partial charge in [0.15, 0.2) is 6.29 Å². The zero-order valence-corrected chi connectivity index (χ0v) is 34.5. The molecule has 0 aliphatic rings. The molecule has 0 bridgehead atoms. The first kappa shape index (κ1) is 50.0. The summed E-state index contributed by atoms with van der Waals surface area (Å²) in [6.07, 6.45) is 5.26. The van der Waals surface area contributed by atoms with E-state index in [1.165, 1.54) is 23.9 Å². The van der Waals surface area contributed by atoms with E-state index in [4.69, 9.17) is 61.0 Å². The van der Waals surface area contributed by atoms with E-state index in [-0.39, 0.29) is 6.42 Å². The summed E-state index contributed by atoms with van der Waals surface area (Å²) in [6.45, 7) is 18.2. The van der Waals surface area contributed by atoms with E-state index >= 15 is 0 Å². The van der Waals surface area contributed by atoms with Crippen molar-refractivity contribution < 1.29 is 29.0 Å². The van der Waals surface area contributed by atoms with Crippen LogP contribution >= 0.6 is 46.4 Å². The fraction of sp³-hybridized carbons (Fsp3) is 0.459. The SMILES string of the molecule is C=CCC(C=NC)(c1ccc(Cl)c(Cl)c1)N(C)C(=O)OC(C)(C)C.C=CCC(C=O)(c1ccc(Cl)c(Cl)c1)N(C)C(=O)OC(C)(C)C.CN.CO. The van der Waals surface area contributed by atoms with Gasteiger partial charge in [0.05, 0.1) is 20.1 Å². The normalized spacial score (nSPS) is 13.2. The lowest BCUT2D eigenvalue weighted by atomic mass is 9.86. The highest BCUT2D eigenvalue weighted by Crippen LogP contribution is 2.36. The van der Waals surface area contributed by atoms with E-state index in [0.717, 1.165) is 12.7 Å². The molecule has 0 aromatic heterocycles. The Morgan fingerprint density at radius 3 is 1.37 bits per heavy atom. The van der Waals surface area contributed by atoms with Crippen LogP contribution in [0.1, 0.15) is 65.5 Å². The predicted molar refractivity (Wildman–Crippen MR) is 213 cm³/mol. The number of aliphatic hydroxyl groups is 1. The van der Waals surface area contributed by atoms with Gasteiger partial charge in [-0.3, -0.25) is 14.8 Å². The number of aliphatic imine (C=N–C) groups is 1. The van der Waals surface area contributed by atoms with Crippen LogP contribution in [0.15, 0.2) is 66.7 Å². The molecule has 0 spiro atoms. The van der Waals surface area contributed by atoms with Gasteiger partial charge in [0.1, 0.15) is 22.3 Å². The molecule has 0 saturated carbocycles. The van der Waals surface area contributed by atoms with Crippen molar-refractivity contribution in [2.45, 2.75) is 76.7 Å². The van der Waals surface area contributed by atoms with E-state index in [9.17, 15) is 14.4 Å². The minimum atomic E-state index is -1.27. The Balaban J connectivity index is 0. The number of hydrogen-bond acceptors (Lipinski definition) is 8. The molecule has 2 rings (SSSR count). The number of hydrogen-bond donors (Lipinski definition) is 2. The van der Waals surface area contributed by atoms with Gasteiger partial charge in [-0.15, -0.1) is 13.2 Å². The first-order valence-electron chi connectivity index (χ1n) is 15.6. The fourth-order valence-corrected chi connectivity index (χ4v) is 5.07. The Hall–Kier alpha value is -3.12. The third-order valence-corrected chi connectivity index (χ3v) is 8.30. The van der Waals surface area contributed by atoms with Gasteiger partial charge in [0.2, 0.25) is 0 Å². The molecule has 2 aromatic carbocycles. The maximum absolute atomic E-state index is 12.6. The highest BCUT2D eigenvalue weighted by Gasteiger charge is 2.41. The summed E-state index contributed by atoms with van der Waals surface area (Å²) < 4.78 is 10.9. The molecule has 0 heterocycles. The Morgan fingerprint density at radius 2 is 1.08 bits per heavy atom. The van der Waals surface area contributed by atoms with Crippen LogP contribution in [0.3, 0.4) is 0 Å². The Morgan fingerprint density at radius 1 is 0.745 bits per heavy atom. The molecular formula is C37H54Cl4N4O6. The van der Waals surface area contributed by atoms with Crippen LogP contribution in [0.25, 0.3) is 0 Å². The first-order valence-corrected chi connectivity index (χ1v) is 17.1. The third kappa shape index (κ3) is 14.8. The minimum Gasteiger partial charge on any atom is -0.444 e. The van der Waals surface area contributed by atoms with Gasteiger partial charge in [0.25, 0.3) is 0 Å². The second kappa shape index (κ2) is 22.7. The van der Waals surface area contributed by atoms with Crippen LogP contribution in [-0.4, -0.2) is 86.1 Å². The van der Waals surface area contributed by atoms with E-state index in [2.05, 4.69) is 23.9 Å². The van der Waals surface area contributed by atoms with Crippen LogP contribution in [0, 0.1) is 0 Å². The number of nitrogens with zero attached hydrogens (tertiary/aromatic N) is 3.